The molecule has 1 rings (SSSR count). The molecule has 88 valence electrons. The number of methoxy groups -OCH3 is 1. The van der Waals surface area contributed by atoms with Crippen LogP contribution in [-0.4, -0.2) is 62.0 Å². The SMILES string of the molecule is COCCCOC1CCN(C(=O)CO)C1. The van der Waals surface area contributed by atoms with Gasteiger partial charge in [-0.1, -0.05) is 0 Å². The van der Waals surface area contributed by atoms with Gasteiger partial charge in [-0.15, -0.1) is 0 Å². The molecule has 0 saturated carbocycles. The number of ether oxygens (including phenoxy) is 2. The van der Waals surface area contributed by atoms with Crippen molar-refractivity contribution in [2.45, 2.75) is 18.9 Å². The Balaban J connectivity index is 2.11. The van der Waals surface area contributed by atoms with Crippen molar-refractivity contribution < 1.29 is 19.4 Å². The van der Waals surface area contributed by atoms with E-state index in [0.29, 0.717) is 26.3 Å². The van der Waals surface area contributed by atoms with E-state index in [1.807, 2.05) is 0 Å². The van der Waals surface area contributed by atoms with Crippen LogP contribution in [0.5, 0.6) is 0 Å². The highest BCUT2D eigenvalue weighted by atomic mass is 16.5. The Morgan fingerprint density at radius 1 is 1.53 bits per heavy atom. The van der Waals surface area contributed by atoms with Crippen LogP contribution in [0.1, 0.15) is 12.8 Å². The van der Waals surface area contributed by atoms with Crippen molar-refractivity contribution >= 4 is 5.91 Å². The molecule has 0 radical (unpaired) electrons. The lowest BCUT2D eigenvalue weighted by molar-refractivity contribution is -0.133. The molecule has 1 N–H and O–H groups in total. The zero-order valence-electron chi connectivity index (χ0n) is 9.15. The van der Waals surface area contributed by atoms with Gasteiger partial charge in [0.05, 0.1) is 6.10 Å². The van der Waals surface area contributed by atoms with Gasteiger partial charge in [-0.05, 0) is 12.8 Å². The normalized spacial score (nSPS) is 20.9. The summed E-state index contributed by atoms with van der Waals surface area (Å²) in [5.74, 6) is -0.210. The van der Waals surface area contributed by atoms with Crippen molar-refractivity contribution in [2.75, 3.05) is 40.0 Å². The predicted octanol–water partition coefficient (Wildman–Crippen LogP) is -0.367. The molecule has 1 aliphatic heterocycles. The molecule has 5 heteroatoms. The number of rotatable bonds is 6. The maximum Gasteiger partial charge on any atom is 0.248 e. The van der Waals surface area contributed by atoms with Crippen LogP contribution in [0.3, 0.4) is 0 Å². The minimum Gasteiger partial charge on any atom is -0.387 e. The number of carbonyl (C=O) groups excluding carboxylic acids is 1. The Morgan fingerprint density at radius 3 is 3.00 bits per heavy atom. The topological polar surface area (TPSA) is 59.0 Å². The molecule has 1 aliphatic rings. The van der Waals surface area contributed by atoms with Gasteiger partial charge in [0.2, 0.25) is 5.91 Å². The second-order valence-corrected chi connectivity index (χ2v) is 3.63. The molecular formula is C10H19NO4. The molecule has 1 fully saturated rings. The first kappa shape index (κ1) is 12.4. The van der Waals surface area contributed by atoms with Gasteiger partial charge in [0, 0.05) is 33.4 Å². The number of amides is 1. The number of aliphatic hydroxyl groups excluding tert-OH is 1. The van der Waals surface area contributed by atoms with Crippen molar-refractivity contribution in [3.63, 3.8) is 0 Å². The minimum atomic E-state index is -0.406. The van der Waals surface area contributed by atoms with Crippen LogP contribution in [0.2, 0.25) is 0 Å². The van der Waals surface area contributed by atoms with Crippen molar-refractivity contribution in [3.8, 4) is 0 Å². The summed E-state index contributed by atoms with van der Waals surface area (Å²) in [6.07, 6.45) is 1.86. The Hall–Kier alpha value is -0.650. The molecule has 0 bridgehead atoms. The zero-order valence-corrected chi connectivity index (χ0v) is 9.15. The monoisotopic (exact) mass is 217 g/mol. The minimum absolute atomic E-state index is 0.123. The van der Waals surface area contributed by atoms with Gasteiger partial charge in [0.1, 0.15) is 6.61 Å². The van der Waals surface area contributed by atoms with Crippen LogP contribution in [0.15, 0.2) is 0 Å². The zero-order chi connectivity index (χ0) is 11.1. The summed E-state index contributed by atoms with van der Waals surface area (Å²) in [6, 6.07) is 0. The van der Waals surface area contributed by atoms with Crippen LogP contribution in [0.25, 0.3) is 0 Å². The maximum absolute atomic E-state index is 11.1. The lowest BCUT2D eigenvalue weighted by atomic mass is 10.3. The number of hydrogen-bond acceptors (Lipinski definition) is 4. The second-order valence-electron chi connectivity index (χ2n) is 3.63. The van der Waals surface area contributed by atoms with E-state index in [2.05, 4.69) is 0 Å². The molecule has 0 spiro atoms. The Bertz CT molecular complexity index is 198. The predicted molar refractivity (Wildman–Crippen MR) is 54.5 cm³/mol. The number of likely N-dealkylation sites (tertiary alicyclic amines) is 1. The summed E-state index contributed by atoms with van der Waals surface area (Å²) in [4.78, 5) is 12.8. The van der Waals surface area contributed by atoms with Crippen LogP contribution in [0, 0.1) is 0 Å². The van der Waals surface area contributed by atoms with Crippen molar-refractivity contribution in [3.05, 3.63) is 0 Å². The first-order chi connectivity index (χ1) is 7.27. The molecule has 1 unspecified atom stereocenters. The van der Waals surface area contributed by atoms with E-state index in [1.54, 1.807) is 12.0 Å². The van der Waals surface area contributed by atoms with Crippen LogP contribution in [-0.2, 0) is 14.3 Å². The van der Waals surface area contributed by atoms with E-state index in [0.717, 1.165) is 12.8 Å². The molecule has 0 aromatic rings. The highest BCUT2D eigenvalue weighted by Gasteiger charge is 2.25. The third kappa shape index (κ3) is 4.15. The highest BCUT2D eigenvalue weighted by molar-refractivity contribution is 5.77. The van der Waals surface area contributed by atoms with E-state index in [-0.39, 0.29) is 12.0 Å². The Morgan fingerprint density at radius 2 is 2.33 bits per heavy atom. The molecule has 1 amide bonds. The number of carbonyl (C=O) groups is 1. The highest BCUT2D eigenvalue weighted by Crippen LogP contribution is 2.12. The molecular weight excluding hydrogens is 198 g/mol. The largest absolute Gasteiger partial charge is 0.387 e. The van der Waals surface area contributed by atoms with E-state index < -0.39 is 6.61 Å². The fourth-order valence-electron chi connectivity index (χ4n) is 1.64. The molecule has 1 heterocycles. The summed E-state index contributed by atoms with van der Waals surface area (Å²) in [5, 5.41) is 8.68. The van der Waals surface area contributed by atoms with Crippen LogP contribution in [0.4, 0.5) is 0 Å². The van der Waals surface area contributed by atoms with Crippen LogP contribution < -0.4 is 0 Å². The third-order valence-corrected chi connectivity index (χ3v) is 2.48. The molecule has 1 saturated heterocycles. The fraction of sp³-hybridized carbons (Fsp3) is 0.900. The van der Waals surface area contributed by atoms with E-state index in [9.17, 15) is 4.79 Å². The first-order valence-corrected chi connectivity index (χ1v) is 5.27. The number of aliphatic hydroxyl groups is 1. The van der Waals surface area contributed by atoms with Crippen molar-refractivity contribution in [1.29, 1.82) is 0 Å². The molecule has 1 atom stereocenters. The van der Waals surface area contributed by atoms with Gasteiger partial charge < -0.3 is 19.5 Å². The van der Waals surface area contributed by atoms with Crippen molar-refractivity contribution in [1.82, 2.24) is 4.90 Å². The average molecular weight is 217 g/mol. The summed E-state index contributed by atoms with van der Waals surface area (Å²) in [5.41, 5.74) is 0. The van der Waals surface area contributed by atoms with Gasteiger partial charge in [0.15, 0.2) is 0 Å². The van der Waals surface area contributed by atoms with Crippen molar-refractivity contribution in [2.24, 2.45) is 0 Å². The quantitative estimate of drug-likeness (QED) is 0.617. The summed E-state index contributed by atoms with van der Waals surface area (Å²) < 4.78 is 10.5. The molecule has 0 aromatic carbocycles. The van der Waals surface area contributed by atoms with Gasteiger partial charge in [-0.2, -0.15) is 0 Å². The van der Waals surface area contributed by atoms with Gasteiger partial charge in [0.25, 0.3) is 0 Å². The van der Waals surface area contributed by atoms with Gasteiger partial charge >= 0.3 is 0 Å². The van der Waals surface area contributed by atoms with Gasteiger partial charge in [-0.25, -0.2) is 0 Å². The smallest absolute Gasteiger partial charge is 0.248 e. The Kier molecular flexibility index (Phi) is 5.60. The first-order valence-electron chi connectivity index (χ1n) is 5.27. The van der Waals surface area contributed by atoms with E-state index in [4.69, 9.17) is 14.6 Å². The van der Waals surface area contributed by atoms with Gasteiger partial charge in [-0.3, -0.25) is 4.79 Å². The molecule has 15 heavy (non-hydrogen) atoms. The number of hydrogen-bond donors (Lipinski definition) is 1. The molecule has 5 nitrogen and oxygen atoms in total. The second kappa shape index (κ2) is 6.76. The lowest BCUT2D eigenvalue weighted by Gasteiger charge is -2.15. The summed E-state index contributed by atoms with van der Waals surface area (Å²) >= 11 is 0. The van der Waals surface area contributed by atoms with E-state index >= 15 is 0 Å². The summed E-state index contributed by atoms with van der Waals surface area (Å²) in [7, 11) is 1.66. The average Bonchev–Trinajstić information content (AvgIpc) is 2.72. The fourth-order valence-corrected chi connectivity index (χ4v) is 1.64. The number of nitrogens with zero attached hydrogens (tertiary/aromatic N) is 1. The molecule has 0 aromatic heterocycles. The van der Waals surface area contributed by atoms with Crippen LogP contribution >= 0.6 is 0 Å². The van der Waals surface area contributed by atoms with E-state index in [1.165, 1.54) is 0 Å². The standard InChI is InChI=1S/C10H19NO4/c1-14-5-2-6-15-9-3-4-11(7-9)10(13)8-12/h9,12H,2-8H2,1H3. The molecule has 0 aliphatic carbocycles. The summed E-state index contributed by atoms with van der Waals surface area (Å²) in [6.45, 7) is 2.25. The maximum atomic E-state index is 11.1. The third-order valence-electron chi connectivity index (χ3n) is 2.48. The Labute approximate surface area is 90.0 Å². The lowest BCUT2D eigenvalue weighted by Crippen LogP contribution is -2.32.